The summed E-state index contributed by atoms with van der Waals surface area (Å²) in [5, 5.41) is 11.8. The Morgan fingerprint density at radius 3 is 2.47 bits per heavy atom. The fourth-order valence-corrected chi connectivity index (χ4v) is 1.70. The molecule has 0 saturated heterocycles. The Bertz CT molecular complexity index is 208. The highest BCUT2D eigenvalue weighted by Crippen LogP contribution is 2.01. The van der Waals surface area contributed by atoms with Gasteiger partial charge in [-0.3, -0.25) is 9.69 Å². The van der Waals surface area contributed by atoms with Crippen molar-refractivity contribution in [3.8, 4) is 0 Å². The normalized spacial score (nSPS) is 13.1. The summed E-state index contributed by atoms with van der Waals surface area (Å²) in [6, 6.07) is -0.112. The van der Waals surface area contributed by atoms with Crippen molar-refractivity contribution in [2.45, 2.75) is 46.6 Å². The molecule has 0 saturated carbocycles. The summed E-state index contributed by atoms with van der Waals surface area (Å²) < 4.78 is 0. The quantitative estimate of drug-likeness (QED) is 0.641. The van der Waals surface area contributed by atoms with Crippen LogP contribution in [0.5, 0.6) is 0 Å². The molecule has 1 atom stereocenters. The number of likely N-dealkylation sites (N-methyl/N-ethyl adjacent to an activating group) is 1. The average molecular weight is 244 g/mol. The van der Waals surface area contributed by atoms with Gasteiger partial charge in [0.2, 0.25) is 5.91 Å². The number of nitrogens with zero attached hydrogens (tertiary/aromatic N) is 1. The number of rotatable bonds is 9. The van der Waals surface area contributed by atoms with E-state index in [-0.39, 0.29) is 18.6 Å². The lowest BCUT2D eigenvalue weighted by Gasteiger charge is -2.26. The lowest BCUT2D eigenvalue weighted by Crippen LogP contribution is -2.45. The summed E-state index contributed by atoms with van der Waals surface area (Å²) in [6.45, 7) is 10.8. The van der Waals surface area contributed by atoms with E-state index in [1.54, 1.807) is 0 Å². The van der Waals surface area contributed by atoms with Crippen LogP contribution in [0, 0.1) is 5.92 Å². The predicted octanol–water partition coefficient (Wildman–Crippen LogP) is 1.24. The molecule has 0 rings (SSSR count). The van der Waals surface area contributed by atoms with Gasteiger partial charge in [-0.05, 0) is 32.2 Å². The molecule has 0 spiro atoms. The van der Waals surface area contributed by atoms with Crippen LogP contribution in [0.4, 0.5) is 0 Å². The van der Waals surface area contributed by atoms with Crippen molar-refractivity contribution in [3.05, 3.63) is 0 Å². The first-order valence-electron chi connectivity index (χ1n) is 6.65. The Kier molecular flexibility index (Phi) is 9.09. The van der Waals surface area contributed by atoms with Gasteiger partial charge in [0.15, 0.2) is 0 Å². The largest absolute Gasteiger partial charge is 0.396 e. The van der Waals surface area contributed by atoms with Crippen molar-refractivity contribution in [2.75, 3.05) is 26.2 Å². The van der Waals surface area contributed by atoms with Crippen LogP contribution in [-0.2, 0) is 4.79 Å². The summed E-state index contributed by atoms with van der Waals surface area (Å²) in [7, 11) is 0. The van der Waals surface area contributed by atoms with Gasteiger partial charge >= 0.3 is 0 Å². The van der Waals surface area contributed by atoms with Crippen LogP contribution in [0.15, 0.2) is 0 Å². The van der Waals surface area contributed by atoms with E-state index >= 15 is 0 Å². The van der Waals surface area contributed by atoms with Crippen LogP contribution in [-0.4, -0.2) is 48.2 Å². The average Bonchev–Trinajstić information content (AvgIpc) is 2.29. The molecule has 0 fully saturated rings. The zero-order valence-corrected chi connectivity index (χ0v) is 11.7. The van der Waals surface area contributed by atoms with Gasteiger partial charge in [-0.15, -0.1) is 0 Å². The third kappa shape index (κ3) is 7.34. The first-order chi connectivity index (χ1) is 8.02. The van der Waals surface area contributed by atoms with Crippen molar-refractivity contribution in [1.82, 2.24) is 10.2 Å². The van der Waals surface area contributed by atoms with E-state index in [1.807, 2.05) is 13.8 Å². The molecule has 0 bridgehead atoms. The summed E-state index contributed by atoms with van der Waals surface area (Å²) in [4.78, 5) is 14.0. The van der Waals surface area contributed by atoms with Crippen molar-refractivity contribution in [3.63, 3.8) is 0 Å². The highest BCUT2D eigenvalue weighted by Gasteiger charge is 2.18. The summed E-state index contributed by atoms with van der Waals surface area (Å²) in [5.41, 5.74) is 0. The van der Waals surface area contributed by atoms with Crippen LogP contribution >= 0.6 is 0 Å². The maximum Gasteiger partial charge on any atom is 0.237 e. The molecule has 0 aromatic heterocycles. The van der Waals surface area contributed by atoms with Crippen LogP contribution in [0.25, 0.3) is 0 Å². The van der Waals surface area contributed by atoms with Crippen molar-refractivity contribution in [1.29, 1.82) is 0 Å². The summed E-state index contributed by atoms with van der Waals surface area (Å²) in [6.07, 6.45) is 1.73. The Morgan fingerprint density at radius 1 is 1.35 bits per heavy atom. The van der Waals surface area contributed by atoms with E-state index in [0.717, 1.165) is 32.5 Å². The minimum atomic E-state index is -0.112. The highest BCUT2D eigenvalue weighted by atomic mass is 16.3. The standard InChI is InChI=1S/C13H28N2O2/c1-5-15(9-6-10-16)12(4)13(17)14-8-7-11(2)3/h11-12,16H,5-10H2,1-4H3,(H,14,17). The zero-order valence-electron chi connectivity index (χ0n) is 11.7. The van der Waals surface area contributed by atoms with E-state index < -0.39 is 0 Å². The van der Waals surface area contributed by atoms with Gasteiger partial charge in [0.05, 0.1) is 6.04 Å². The van der Waals surface area contributed by atoms with E-state index in [9.17, 15) is 4.79 Å². The topological polar surface area (TPSA) is 52.6 Å². The smallest absolute Gasteiger partial charge is 0.237 e. The van der Waals surface area contributed by atoms with Crippen LogP contribution in [0.3, 0.4) is 0 Å². The second-order valence-electron chi connectivity index (χ2n) is 4.86. The molecular formula is C13H28N2O2. The molecule has 17 heavy (non-hydrogen) atoms. The molecule has 0 heterocycles. The first kappa shape index (κ1) is 16.4. The molecular weight excluding hydrogens is 216 g/mol. The molecule has 1 unspecified atom stereocenters. The number of hydrogen-bond donors (Lipinski definition) is 2. The number of aliphatic hydroxyl groups is 1. The SMILES string of the molecule is CCN(CCCO)C(C)C(=O)NCCC(C)C. The lowest BCUT2D eigenvalue weighted by molar-refractivity contribution is -0.125. The minimum Gasteiger partial charge on any atom is -0.396 e. The Morgan fingerprint density at radius 2 is 2.00 bits per heavy atom. The van der Waals surface area contributed by atoms with E-state index in [2.05, 4.69) is 24.1 Å². The van der Waals surface area contributed by atoms with Crippen LogP contribution in [0.1, 0.15) is 40.5 Å². The molecule has 0 radical (unpaired) electrons. The molecule has 102 valence electrons. The molecule has 2 N–H and O–H groups in total. The predicted molar refractivity (Wildman–Crippen MR) is 70.9 cm³/mol. The maximum absolute atomic E-state index is 11.9. The maximum atomic E-state index is 11.9. The molecule has 0 aliphatic rings. The van der Waals surface area contributed by atoms with Crippen molar-refractivity contribution in [2.24, 2.45) is 5.92 Å². The Labute approximate surface area is 105 Å². The summed E-state index contributed by atoms with van der Waals surface area (Å²) in [5.74, 6) is 0.702. The van der Waals surface area contributed by atoms with Gasteiger partial charge in [0.1, 0.15) is 0 Å². The number of hydrogen-bond acceptors (Lipinski definition) is 3. The second kappa shape index (κ2) is 9.42. The molecule has 0 aromatic carbocycles. The highest BCUT2D eigenvalue weighted by molar-refractivity contribution is 5.81. The Hall–Kier alpha value is -0.610. The van der Waals surface area contributed by atoms with Gasteiger partial charge < -0.3 is 10.4 Å². The number of aliphatic hydroxyl groups excluding tert-OH is 1. The molecule has 0 aliphatic carbocycles. The van der Waals surface area contributed by atoms with Gasteiger partial charge in [0, 0.05) is 19.7 Å². The fraction of sp³-hybridized carbons (Fsp3) is 0.923. The van der Waals surface area contributed by atoms with Gasteiger partial charge in [-0.25, -0.2) is 0 Å². The lowest BCUT2D eigenvalue weighted by atomic mass is 10.1. The van der Waals surface area contributed by atoms with E-state index in [4.69, 9.17) is 5.11 Å². The van der Waals surface area contributed by atoms with Crippen molar-refractivity contribution < 1.29 is 9.90 Å². The third-order valence-electron chi connectivity index (χ3n) is 2.96. The molecule has 1 amide bonds. The van der Waals surface area contributed by atoms with Crippen molar-refractivity contribution >= 4 is 5.91 Å². The molecule has 4 nitrogen and oxygen atoms in total. The number of carbonyl (C=O) groups is 1. The van der Waals surface area contributed by atoms with Crippen LogP contribution in [0.2, 0.25) is 0 Å². The monoisotopic (exact) mass is 244 g/mol. The first-order valence-corrected chi connectivity index (χ1v) is 6.65. The Balaban J connectivity index is 3.98. The summed E-state index contributed by atoms with van der Waals surface area (Å²) >= 11 is 0. The van der Waals surface area contributed by atoms with E-state index in [0.29, 0.717) is 5.92 Å². The van der Waals surface area contributed by atoms with Gasteiger partial charge in [-0.2, -0.15) is 0 Å². The van der Waals surface area contributed by atoms with Gasteiger partial charge in [0.25, 0.3) is 0 Å². The zero-order chi connectivity index (χ0) is 13.3. The number of nitrogens with one attached hydrogen (secondary N) is 1. The van der Waals surface area contributed by atoms with Crippen LogP contribution < -0.4 is 5.32 Å². The number of amides is 1. The minimum absolute atomic E-state index is 0.0884. The molecule has 4 heteroatoms. The van der Waals surface area contributed by atoms with E-state index in [1.165, 1.54) is 0 Å². The fourth-order valence-electron chi connectivity index (χ4n) is 1.70. The van der Waals surface area contributed by atoms with Gasteiger partial charge in [-0.1, -0.05) is 20.8 Å². The molecule has 0 aromatic rings. The number of carbonyl (C=O) groups excluding carboxylic acids is 1. The molecule has 0 aliphatic heterocycles. The second-order valence-corrected chi connectivity index (χ2v) is 4.86. The third-order valence-corrected chi connectivity index (χ3v) is 2.96.